The normalized spacial score (nSPS) is 25.5. The Kier molecular flexibility index (Phi) is 6.16. The minimum atomic E-state index is 0.350. The van der Waals surface area contributed by atoms with Crippen LogP contribution in [0.4, 0.5) is 0 Å². The fraction of sp³-hybridized carbons (Fsp3) is 0.818. The molecule has 0 bridgehead atoms. The number of nitrogens with one attached hydrogen (secondary N) is 1. The summed E-state index contributed by atoms with van der Waals surface area (Å²) in [5, 5.41) is 0. The number of rotatable bonds is 4. The number of carbonyl (C=O) groups is 1. The number of H-pyrrole nitrogens is 1. The van der Waals surface area contributed by atoms with Gasteiger partial charge < -0.3 is 14.8 Å². The van der Waals surface area contributed by atoms with E-state index in [1.165, 1.54) is 70.9 Å². The van der Waals surface area contributed by atoms with Gasteiger partial charge in [-0.3, -0.25) is 4.79 Å². The molecule has 2 saturated heterocycles. The Bertz CT molecular complexity index is 583. The van der Waals surface area contributed by atoms with Gasteiger partial charge in [-0.25, -0.2) is 4.98 Å². The number of hydrogen-bond donors (Lipinski definition) is 1. The first-order valence-corrected chi connectivity index (χ1v) is 11.2. The number of carbonyl (C=O) groups excluding carboxylic acids is 1. The van der Waals surface area contributed by atoms with Gasteiger partial charge in [-0.2, -0.15) is 0 Å². The van der Waals surface area contributed by atoms with Crippen LogP contribution in [0.5, 0.6) is 0 Å². The Labute approximate surface area is 163 Å². The zero-order valence-corrected chi connectivity index (χ0v) is 16.8. The highest BCUT2D eigenvalue weighted by atomic mass is 16.2. The molecule has 5 nitrogen and oxygen atoms in total. The van der Waals surface area contributed by atoms with Crippen molar-refractivity contribution in [1.29, 1.82) is 0 Å². The molecule has 3 heterocycles. The van der Waals surface area contributed by atoms with Gasteiger partial charge in [0.25, 0.3) is 0 Å². The summed E-state index contributed by atoms with van der Waals surface area (Å²) in [6.07, 6.45) is 18.8. The lowest BCUT2D eigenvalue weighted by Gasteiger charge is -2.49. The first-order chi connectivity index (χ1) is 13.2. The average molecular weight is 373 g/mol. The van der Waals surface area contributed by atoms with Crippen molar-refractivity contribution >= 4 is 5.91 Å². The van der Waals surface area contributed by atoms with Crippen molar-refractivity contribution in [2.24, 2.45) is 5.41 Å². The molecule has 2 aliphatic heterocycles. The Morgan fingerprint density at radius 2 is 1.81 bits per heavy atom. The lowest BCUT2D eigenvalue weighted by molar-refractivity contribution is -0.139. The Morgan fingerprint density at radius 1 is 1.07 bits per heavy atom. The topological polar surface area (TPSA) is 52.2 Å². The standard InChI is InChI=1S/C22H36N4O/c27-21-8-10-22(17-26(21)13-9-19-16-23-18-24-19)11-14-25(15-12-22)20-6-4-2-1-3-5-7-20/h16,18,20H,1-15,17H2,(H,23,24). The molecule has 3 fully saturated rings. The number of nitrogens with zero attached hydrogens (tertiary/aromatic N) is 3. The van der Waals surface area contributed by atoms with E-state index in [9.17, 15) is 4.79 Å². The van der Waals surface area contributed by atoms with Gasteiger partial charge in [0.15, 0.2) is 0 Å². The molecule has 0 unspecified atom stereocenters. The van der Waals surface area contributed by atoms with Gasteiger partial charge in [0.2, 0.25) is 5.91 Å². The molecule has 150 valence electrons. The second-order valence-corrected chi connectivity index (χ2v) is 9.18. The number of piperidine rings is 2. The molecule has 5 heteroatoms. The number of hydrogen-bond acceptors (Lipinski definition) is 3. The molecule has 0 radical (unpaired) electrons. The van der Waals surface area contributed by atoms with Crippen molar-refractivity contribution in [1.82, 2.24) is 19.8 Å². The molecule has 3 aliphatic rings. The number of likely N-dealkylation sites (tertiary alicyclic amines) is 2. The number of aromatic nitrogens is 2. The van der Waals surface area contributed by atoms with Crippen LogP contribution in [0.2, 0.25) is 0 Å². The van der Waals surface area contributed by atoms with Gasteiger partial charge in [-0.1, -0.05) is 32.1 Å². The first kappa shape index (κ1) is 19.0. The van der Waals surface area contributed by atoms with E-state index in [-0.39, 0.29) is 0 Å². The maximum Gasteiger partial charge on any atom is 0.222 e. The molecule has 1 amide bonds. The smallest absolute Gasteiger partial charge is 0.222 e. The summed E-state index contributed by atoms with van der Waals surface area (Å²) in [7, 11) is 0. The Balaban J connectivity index is 1.30. The van der Waals surface area contributed by atoms with Gasteiger partial charge in [0.05, 0.1) is 6.33 Å². The lowest BCUT2D eigenvalue weighted by atomic mass is 9.72. The summed E-state index contributed by atoms with van der Waals surface area (Å²) in [6.45, 7) is 4.29. The van der Waals surface area contributed by atoms with Crippen LogP contribution in [0.3, 0.4) is 0 Å². The van der Waals surface area contributed by atoms with Crippen molar-refractivity contribution in [3.05, 3.63) is 18.2 Å². The Morgan fingerprint density at radius 3 is 2.52 bits per heavy atom. The molecule has 27 heavy (non-hydrogen) atoms. The highest BCUT2D eigenvalue weighted by Crippen LogP contribution is 2.41. The summed E-state index contributed by atoms with van der Waals surface area (Å²) in [6, 6.07) is 0.823. The van der Waals surface area contributed by atoms with Crippen molar-refractivity contribution in [3.63, 3.8) is 0 Å². The predicted octanol–water partition coefficient (Wildman–Crippen LogP) is 3.77. The summed E-state index contributed by atoms with van der Waals surface area (Å²) in [4.78, 5) is 24.6. The molecule has 1 aliphatic carbocycles. The van der Waals surface area contributed by atoms with Gasteiger partial charge >= 0.3 is 0 Å². The molecule has 1 N–H and O–H groups in total. The fourth-order valence-corrected chi connectivity index (χ4v) is 5.55. The molecule has 1 saturated carbocycles. The van der Waals surface area contributed by atoms with Gasteiger partial charge in [-0.15, -0.1) is 0 Å². The van der Waals surface area contributed by atoms with E-state index in [2.05, 4.69) is 19.8 Å². The quantitative estimate of drug-likeness (QED) is 0.875. The number of amides is 1. The summed E-state index contributed by atoms with van der Waals surface area (Å²) < 4.78 is 0. The average Bonchev–Trinajstić information content (AvgIpc) is 3.17. The zero-order chi connectivity index (χ0) is 18.5. The second-order valence-electron chi connectivity index (χ2n) is 9.18. The fourth-order valence-electron chi connectivity index (χ4n) is 5.55. The lowest BCUT2D eigenvalue weighted by Crippen LogP contribution is -2.53. The van der Waals surface area contributed by atoms with E-state index < -0.39 is 0 Å². The monoisotopic (exact) mass is 372 g/mol. The molecular weight excluding hydrogens is 336 g/mol. The van der Waals surface area contributed by atoms with Crippen molar-refractivity contribution in [3.8, 4) is 0 Å². The van der Waals surface area contributed by atoms with Crippen LogP contribution in [-0.4, -0.2) is 57.9 Å². The summed E-state index contributed by atoms with van der Waals surface area (Å²) in [5.41, 5.74) is 1.50. The van der Waals surface area contributed by atoms with Crippen LogP contribution in [0.15, 0.2) is 12.5 Å². The van der Waals surface area contributed by atoms with Crippen LogP contribution < -0.4 is 0 Å². The van der Waals surface area contributed by atoms with Crippen molar-refractivity contribution < 1.29 is 4.79 Å². The van der Waals surface area contributed by atoms with Gasteiger partial charge in [-0.05, 0) is 50.6 Å². The maximum atomic E-state index is 12.5. The molecular formula is C22H36N4O. The number of aromatic amines is 1. The summed E-state index contributed by atoms with van der Waals surface area (Å²) >= 11 is 0. The molecule has 0 atom stereocenters. The molecule has 4 rings (SSSR count). The third-order valence-electron chi connectivity index (χ3n) is 7.40. The van der Waals surface area contributed by atoms with Crippen molar-refractivity contribution in [2.45, 2.75) is 83.1 Å². The zero-order valence-electron chi connectivity index (χ0n) is 16.8. The van der Waals surface area contributed by atoms with E-state index in [0.29, 0.717) is 11.3 Å². The van der Waals surface area contributed by atoms with Crippen LogP contribution in [0.1, 0.15) is 76.3 Å². The van der Waals surface area contributed by atoms with Crippen LogP contribution in [-0.2, 0) is 11.2 Å². The van der Waals surface area contributed by atoms with Crippen molar-refractivity contribution in [2.75, 3.05) is 26.2 Å². The molecule has 0 aromatic carbocycles. The first-order valence-electron chi connectivity index (χ1n) is 11.2. The molecule has 1 aromatic heterocycles. The minimum absolute atomic E-state index is 0.350. The van der Waals surface area contributed by atoms with Crippen LogP contribution >= 0.6 is 0 Å². The third-order valence-corrected chi connectivity index (χ3v) is 7.40. The Hall–Kier alpha value is -1.36. The second kappa shape index (κ2) is 8.76. The number of imidazole rings is 1. The van der Waals surface area contributed by atoms with Crippen LogP contribution in [0, 0.1) is 5.41 Å². The van der Waals surface area contributed by atoms with Crippen LogP contribution in [0.25, 0.3) is 0 Å². The SMILES string of the molecule is O=C1CCC2(CCN(C3CCCCCCC3)CC2)CN1CCc1cnc[nH]1. The third kappa shape index (κ3) is 4.74. The summed E-state index contributed by atoms with van der Waals surface area (Å²) in [5.74, 6) is 0.350. The highest BCUT2D eigenvalue weighted by molar-refractivity contribution is 5.77. The van der Waals surface area contributed by atoms with E-state index in [0.717, 1.165) is 44.1 Å². The van der Waals surface area contributed by atoms with E-state index in [1.807, 2.05) is 6.20 Å². The molecule has 1 aromatic rings. The maximum absolute atomic E-state index is 12.5. The van der Waals surface area contributed by atoms with Gasteiger partial charge in [0, 0.05) is 43.9 Å². The van der Waals surface area contributed by atoms with E-state index in [4.69, 9.17) is 0 Å². The van der Waals surface area contributed by atoms with Gasteiger partial charge in [0.1, 0.15) is 0 Å². The largest absolute Gasteiger partial charge is 0.348 e. The minimum Gasteiger partial charge on any atom is -0.348 e. The molecule has 1 spiro atoms. The highest BCUT2D eigenvalue weighted by Gasteiger charge is 2.41. The van der Waals surface area contributed by atoms with E-state index >= 15 is 0 Å². The predicted molar refractivity (Wildman–Crippen MR) is 107 cm³/mol. The van der Waals surface area contributed by atoms with E-state index in [1.54, 1.807) is 6.33 Å².